The molecule has 0 radical (unpaired) electrons. The van der Waals surface area contributed by atoms with E-state index in [1.807, 2.05) is 19.1 Å². The van der Waals surface area contributed by atoms with Gasteiger partial charge in [0.05, 0.1) is 6.04 Å². The van der Waals surface area contributed by atoms with E-state index in [-0.39, 0.29) is 11.9 Å². The minimum absolute atomic E-state index is 0.0236. The highest BCUT2D eigenvalue weighted by Crippen LogP contribution is 2.20. The average molecular weight is 231 g/mol. The second-order valence-electron chi connectivity index (χ2n) is 4.73. The summed E-state index contributed by atoms with van der Waals surface area (Å²) < 4.78 is 0. The molecule has 1 aromatic carbocycles. The fourth-order valence-electron chi connectivity index (χ4n) is 1.93. The minimum Gasteiger partial charge on any atom is -0.346 e. The fraction of sp³-hybridized carbons (Fsp3) is 0.400. The van der Waals surface area contributed by atoms with Gasteiger partial charge in [0.1, 0.15) is 0 Å². The van der Waals surface area contributed by atoms with Crippen molar-refractivity contribution >= 4 is 5.91 Å². The SMILES string of the molecule is C=CC(=O)NC(C)c1ccccc1CC(C)C. The first-order valence-electron chi connectivity index (χ1n) is 6.05. The lowest BCUT2D eigenvalue weighted by atomic mass is 9.94. The van der Waals surface area contributed by atoms with Gasteiger partial charge in [-0.2, -0.15) is 0 Å². The number of rotatable bonds is 5. The number of carbonyl (C=O) groups is 1. The molecule has 1 unspecified atom stereocenters. The molecule has 0 aromatic heterocycles. The van der Waals surface area contributed by atoms with Gasteiger partial charge in [-0.1, -0.05) is 44.7 Å². The van der Waals surface area contributed by atoms with Gasteiger partial charge in [0.25, 0.3) is 0 Å². The highest BCUT2D eigenvalue weighted by atomic mass is 16.1. The zero-order valence-electron chi connectivity index (χ0n) is 10.9. The van der Waals surface area contributed by atoms with Crippen LogP contribution in [0.5, 0.6) is 0 Å². The predicted molar refractivity (Wildman–Crippen MR) is 71.7 cm³/mol. The molecule has 0 fully saturated rings. The van der Waals surface area contributed by atoms with Crippen molar-refractivity contribution in [2.45, 2.75) is 33.2 Å². The van der Waals surface area contributed by atoms with Crippen LogP contribution in [0.4, 0.5) is 0 Å². The monoisotopic (exact) mass is 231 g/mol. The molecule has 1 aromatic rings. The molecule has 2 heteroatoms. The van der Waals surface area contributed by atoms with Crippen LogP contribution in [-0.4, -0.2) is 5.91 Å². The maximum atomic E-state index is 11.3. The highest BCUT2D eigenvalue weighted by molar-refractivity contribution is 5.87. The van der Waals surface area contributed by atoms with Crippen LogP contribution in [0.3, 0.4) is 0 Å². The zero-order chi connectivity index (χ0) is 12.8. The van der Waals surface area contributed by atoms with E-state index in [4.69, 9.17) is 0 Å². The van der Waals surface area contributed by atoms with Crippen molar-refractivity contribution in [1.29, 1.82) is 0 Å². The van der Waals surface area contributed by atoms with Gasteiger partial charge in [-0.3, -0.25) is 4.79 Å². The Morgan fingerprint density at radius 3 is 2.59 bits per heavy atom. The van der Waals surface area contributed by atoms with Crippen molar-refractivity contribution < 1.29 is 4.79 Å². The quantitative estimate of drug-likeness (QED) is 0.774. The van der Waals surface area contributed by atoms with E-state index in [9.17, 15) is 4.79 Å². The summed E-state index contributed by atoms with van der Waals surface area (Å²) in [6.45, 7) is 9.86. The molecule has 0 spiro atoms. The molecular weight excluding hydrogens is 210 g/mol. The van der Waals surface area contributed by atoms with Crippen LogP contribution in [0.15, 0.2) is 36.9 Å². The summed E-state index contributed by atoms with van der Waals surface area (Å²) in [6, 6.07) is 8.28. The lowest BCUT2D eigenvalue weighted by Gasteiger charge is -2.18. The maximum absolute atomic E-state index is 11.3. The molecule has 1 N–H and O–H groups in total. The Hall–Kier alpha value is -1.57. The number of carbonyl (C=O) groups excluding carboxylic acids is 1. The molecule has 0 saturated carbocycles. The molecule has 0 saturated heterocycles. The lowest BCUT2D eigenvalue weighted by Crippen LogP contribution is -2.25. The van der Waals surface area contributed by atoms with Gasteiger partial charge in [0.15, 0.2) is 0 Å². The Morgan fingerprint density at radius 2 is 2.00 bits per heavy atom. The van der Waals surface area contributed by atoms with E-state index < -0.39 is 0 Å². The fourth-order valence-corrected chi connectivity index (χ4v) is 1.93. The molecule has 17 heavy (non-hydrogen) atoms. The standard InChI is InChI=1S/C15H21NO/c1-5-15(17)16-12(4)14-9-7-6-8-13(14)10-11(2)3/h5-9,11-12H,1,10H2,2-4H3,(H,16,17). The van der Waals surface area contributed by atoms with E-state index in [2.05, 4.69) is 37.9 Å². The molecule has 0 aliphatic carbocycles. The molecular formula is C15H21NO. The zero-order valence-corrected chi connectivity index (χ0v) is 10.9. The van der Waals surface area contributed by atoms with Gasteiger partial charge in [-0.25, -0.2) is 0 Å². The molecule has 0 heterocycles. The third-order valence-electron chi connectivity index (χ3n) is 2.69. The van der Waals surface area contributed by atoms with Gasteiger partial charge >= 0.3 is 0 Å². The van der Waals surface area contributed by atoms with Crippen LogP contribution < -0.4 is 5.32 Å². The molecule has 2 nitrogen and oxygen atoms in total. The highest BCUT2D eigenvalue weighted by Gasteiger charge is 2.12. The van der Waals surface area contributed by atoms with Crippen molar-refractivity contribution in [3.63, 3.8) is 0 Å². The molecule has 92 valence electrons. The van der Waals surface area contributed by atoms with Crippen molar-refractivity contribution in [3.8, 4) is 0 Å². The van der Waals surface area contributed by atoms with Crippen LogP contribution in [0.2, 0.25) is 0 Å². The Morgan fingerprint density at radius 1 is 1.35 bits per heavy atom. The van der Waals surface area contributed by atoms with Crippen LogP contribution >= 0.6 is 0 Å². The summed E-state index contributed by atoms with van der Waals surface area (Å²) in [4.78, 5) is 11.3. The van der Waals surface area contributed by atoms with Crippen LogP contribution in [0.1, 0.15) is 37.9 Å². The molecule has 0 aliphatic rings. The Balaban J connectivity index is 2.88. The minimum atomic E-state index is -0.128. The Bertz CT molecular complexity index is 396. The van der Waals surface area contributed by atoms with Gasteiger partial charge in [-0.05, 0) is 36.5 Å². The topological polar surface area (TPSA) is 29.1 Å². The van der Waals surface area contributed by atoms with Crippen LogP contribution in [-0.2, 0) is 11.2 Å². The molecule has 0 bridgehead atoms. The molecule has 1 atom stereocenters. The molecule has 1 amide bonds. The Kier molecular flexibility index (Phi) is 4.95. The molecule has 0 aliphatic heterocycles. The second kappa shape index (κ2) is 6.24. The van der Waals surface area contributed by atoms with E-state index in [1.165, 1.54) is 17.2 Å². The summed E-state index contributed by atoms with van der Waals surface area (Å²) in [6.07, 6.45) is 2.34. The van der Waals surface area contributed by atoms with Crippen molar-refractivity contribution in [3.05, 3.63) is 48.0 Å². The number of amides is 1. The average Bonchev–Trinajstić information content (AvgIpc) is 2.28. The van der Waals surface area contributed by atoms with Crippen LogP contribution in [0.25, 0.3) is 0 Å². The summed E-state index contributed by atoms with van der Waals surface area (Å²) in [5.74, 6) is 0.482. The third kappa shape index (κ3) is 4.06. The number of benzene rings is 1. The van der Waals surface area contributed by atoms with Crippen LogP contribution in [0, 0.1) is 5.92 Å². The normalized spacial score (nSPS) is 12.2. The largest absolute Gasteiger partial charge is 0.346 e. The summed E-state index contributed by atoms with van der Waals surface area (Å²) >= 11 is 0. The third-order valence-corrected chi connectivity index (χ3v) is 2.69. The van der Waals surface area contributed by atoms with Crippen molar-refractivity contribution in [2.75, 3.05) is 0 Å². The molecule has 1 rings (SSSR count). The second-order valence-corrected chi connectivity index (χ2v) is 4.73. The number of hydrogen-bond acceptors (Lipinski definition) is 1. The number of hydrogen-bond donors (Lipinski definition) is 1. The van der Waals surface area contributed by atoms with Gasteiger partial charge in [-0.15, -0.1) is 0 Å². The van der Waals surface area contributed by atoms with E-state index >= 15 is 0 Å². The summed E-state index contributed by atoms with van der Waals surface area (Å²) in [5, 5.41) is 2.90. The van der Waals surface area contributed by atoms with Crippen molar-refractivity contribution in [2.24, 2.45) is 5.92 Å². The van der Waals surface area contributed by atoms with Crippen molar-refractivity contribution in [1.82, 2.24) is 5.32 Å². The van der Waals surface area contributed by atoms with Gasteiger partial charge in [0, 0.05) is 0 Å². The van der Waals surface area contributed by atoms with E-state index in [0.29, 0.717) is 5.92 Å². The van der Waals surface area contributed by atoms with E-state index in [0.717, 1.165) is 6.42 Å². The summed E-state index contributed by atoms with van der Waals surface area (Å²) in [7, 11) is 0. The summed E-state index contributed by atoms with van der Waals surface area (Å²) in [5.41, 5.74) is 2.50. The first-order chi connectivity index (χ1) is 8.04. The van der Waals surface area contributed by atoms with Gasteiger partial charge in [0.2, 0.25) is 5.91 Å². The Labute approximate surface area is 104 Å². The smallest absolute Gasteiger partial charge is 0.243 e. The maximum Gasteiger partial charge on any atom is 0.243 e. The lowest BCUT2D eigenvalue weighted by molar-refractivity contribution is -0.117. The number of nitrogens with one attached hydrogen (secondary N) is 1. The predicted octanol–water partition coefficient (Wildman–Crippen LogP) is 3.25. The first-order valence-corrected chi connectivity index (χ1v) is 6.05. The first kappa shape index (κ1) is 13.5. The van der Waals surface area contributed by atoms with Gasteiger partial charge < -0.3 is 5.32 Å². The van der Waals surface area contributed by atoms with E-state index in [1.54, 1.807) is 0 Å².